The SMILES string of the molecule is c1ccc(-c2ccc(-c3nc(-c4ccccc4)cc(-c4ccc5c(c4)oc4cc(N(c6ccccc6)c6ccc(-c7ccccc7)cc6)ccc45)n3)cc2)cc1. The van der Waals surface area contributed by atoms with Crippen molar-refractivity contribution >= 4 is 39.0 Å². The van der Waals surface area contributed by atoms with Crippen molar-refractivity contribution in [1.29, 1.82) is 0 Å². The molecule has 2 aromatic heterocycles. The molecule has 10 rings (SSSR count). The van der Waals surface area contributed by atoms with Crippen molar-refractivity contribution in [3.63, 3.8) is 0 Å². The summed E-state index contributed by atoms with van der Waals surface area (Å²) in [4.78, 5) is 12.5. The van der Waals surface area contributed by atoms with Gasteiger partial charge >= 0.3 is 0 Å². The molecule has 264 valence electrons. The minimum Gasteiger partial charge on any atom is -0.456 e. The second kappa shape index (κ2) is 14.3. The van der Waals surface area contributed by atoms with E-state index in [1.165, 1.54) is 16.7 Å². The average molecular weight is 718 g/mol. The van der Waals surface area contributed by atoms with Crippen LogP contribution in [0.25, 0.3) is 78.1 Å². The highest BCUT2D eigenvalue weighted by Gasteiger charge is 2.17. The number of hydrogen-bond donors (Lipinski definition) is 0. The first-order valence-corrected chi connectivity index (χ1v) is 18.8. The summed E-state index contributed by atoms with van der Waals surface area (Å²) in [5.41, 5.74) is 14.1. The van der Waals surface area contributed by atoms with E-state index in [2.05, 4.69) is 181 Å². The summed E-state index contributed by atoms with van der Waals surface area (Å²) in [5.74, 6) is 0.674. The first-order valence-electron chi connectivity index (χ1n) is 18.8. The van der Waals surface area contributed by atoms with E-state index in [4.69, 9.17) is 14.4 Å². The van der Waals surface area contributed by atoms with Crippen LogP contribution in [0.15, 0.2) is 217 Å². The fourth-order valence-electron chi connectivity index (χ4n) is 7.45. The molecule has 0 aliphatic heterocycles. The van der Waals surface area contributed by atoms with E-state index < -0.39 is 0 Å². The number of furan rings is 1. The van der Waals surface area contributed by atoms with Crippen LogP contribution < -0.4 is 4.90 Å². The van der Waals surface area contributed by atoms with E-state index in [0.717, 1.165) is 72.6 Å². The van der Waals surface area contributed by atoms with Gasteiger partial charge in [0.15, 0.2) is 5.82 Å². The fraction of sp³-hybridized carbons (Fsp3) is 0. The van der Waals surface area contributed by atoms with Gasteiger partial charge in [0, 0.05) is 50.6 Å². The van der Waals surface area contributed by atoms with E-state index in [-0.39, 0.29) is 0 Å². The molecule has 0 atom stereocenters. The summed E-state index contributed by atoms with van der Waals surface area (Å²) in [6, 6.07) is 73.8. The summed E-state index contributed by atoms with van der Waals surface area (Å²) in [7, 11) is 0. The molecule has 0 spiro atoms. The van der Waals surface area contributed by atoms with E-state index in [1.807, 2.05) is 36.4 Å². The van der Waals surface area contributed by atoms with Crippen molar-refractivity contribution in [2.75, 3.05) is 4.90 Å². The second-order valence-corrected chi connectivity index (χ2v) is 13.8. The molecule has 0 radical (unpaired) electrons. The zero-order chi connectivity index (χ0) is 37.3. The molecule has 0 amide bonds. The lowest BCUT2D eigenvalue weighted by Crippen LogP contribution is -2.09. The van der Waals surface area contributed by atoms with Crippen molar-refractivity contribution in [3.05, 3.63) is 212 Å². The smallest absolute Gasteiger partial charge is 0.160 e. The maximum atomic E-state index is 6.67. The normalized spacial score (nSPS) is 11.2. The number of fused-ring (bicyclic) bond motifs is 3. The van der Waals surface area contributed by atoms with E-state index in [1.54, 1.807) is 0 Å². The van der Waals surface area contributed by atoms with E-state index in [0.29, 0.717) is 5.82 Å². The molecule has 0 unspecified atom stereocenters. The Morgan fingerprint density at radius 2 is 0.714 bits per heavy atom. The van der Waals surface area contributed by atoms with Gasteiger partial charge in [0.1, 0.15) is 11.2 Å². The van der Waals surface area contributed by atoms with Gasteiger partial charge in [-0.05, 0) is 76.9 Å². The molecule has 0 saturated heterocycles. The molecule has 0 fully saturated rings. The first kappa shape index (κ1) is 33.0. The summed E-state index contributed by atoms with van der Waals surface area (Å²) in [6.45, 7) is 0. The molecule has 10 aromatic rings. The predicted octanol–water partition coefficient (Wildman–Crippen LogP) is 14.2. The molecular weight excluding hydrogens is 683 g/mol. The van der Waals surface area contributed by atoms with Crippen LogP contribution in [0.5, 0.6) is 0 Å². The molecule has 56 heavy (non-hydrogen) atoms. The lowest BCUT2D eigenvalue weighted by atomic mass is 10.0. The first-order chi connectivity index (χ1) is 27.7. The van der Waals surface area contributed by atoms with Crippen LogP contribution in [0, 0.1) is 0 Å². The maximum Gasteiger partial charge on any atom is 0.160 e. The lowest BCUT2D eigenvalue weighted by molar-refractivity contribution is 0.669. The van der Waals surface area contributed by atoms with Crippen molar-refractivity contribution in [3.8, 4) is 56.2 Å². The summed E-state index contributed by atoms with van der Waals surface area (Å²) >= 11 is 0. The molecular formula is C52H35N3O. The Morgan fingerprint density at radius 3 is 1.32 bits per heavy atom. The third-order valence-electron chi connectivity index (χ3n) is 10.3. The Morgan fingerprint density at radius 1 is 0.304 bits per heavy atom. The molecule has 0 bridgehead atoms. The van der Waals surface area contributed by atoms with Gasteiger partial charge in [-0.15, -0.1) is 0 Å². The monoisotopic (exact) mass is 717 g/mol. The number of aromatic nitrogens is 2. The Bertz CT molecular complexity index is 2920. The topological polar surface area (TPSA) is 42.2 Å². The van der Waals surface area contributed by atoms with E-state index in [9.17, 15) is 0 Å². The Kier molecular flexibility index (Phi) is 8.47. The van der Waals surface area contributed by atoms with Gasteiger partial charge in [0.05, 0.1) is 11.4 Å². The highest BCUT2D eigenvalue weighted by Crippen LogP contribution is 2.40. The van der Waals surface area contributed by atoms with Gasteiger partial charge < -0.3 is 9.32 Å². The summed E-state index contributed by atoms with van der Waals surface area (Å²) in [5, 5.41) is 2.12. The molecule has 0 aliphatic rings. The van der Waals surface area contributed by atoms with Crippen LogP contribution >= 0.6 is 0 Å². The molecule has 4 heteroatoms. The quantitative estimate of drug-likeness (QED) is 0.157. The molecule has 0 saturated carbocycles. The van der Waals surface area contributed by atoms with Crippen LogP contribution in [0.4, 0.5) is 17.1 Å². The third kappa shape index (κ3) is 6.40. The maximum absolute atomic E-state index is 6.67. The van der Waals surface area contributed by atoms with Crippen LogP contribution in [-0.2, 0) is 0 Å². The number of nitrogens with zero attached hydrogens (tertiary/aromatic N) is 3. The van der Waals surface area contributed by atoms with Gasteiger partial charge in [-0.1, -0.05) is 152 Å². The van der Waals surface area contributed by atoms with Crippen molar-refractivity contribution < 1.29 is 4.42 Å². The van der Waals surface area contributed by atoms with Crippen LogP contribution in [0.2, 0.25) is 0 Å². The highest BCUT2D eigenvalue weighted by atomic mass is 16.3. The van der Waals surface area contributed by atoms with Crippen LogP contribution in [-0.4, -0.2) is 9.97 Å². The number of anilines is 3. The molecule has 4 nitrogen and oxygen atoms in total. The number of benzene rings is 8. The molecule has 8 aromatic carbocycles. The predicted molar refractivity (Wildman–Crippen MR) is 231 cm³/mol. The van der Waals surface area contributed by atoms with Gasteiger partial charge in [0.2, 0.25) is 0 Å². The number of hydrogen-bond acceptors (Lipinski definition) is 4. The minimum atomic E-state index is 0.674. The third-order valence-corrected chi connectivity index (χ3v) is 10.3. The second-order valence-electron chi connectivity index (χ2n) is 13.8. The standard InChI is InChI=1S/C52H35N3O/c1-5-13-36(14-6-1)38-21-23-41(24-22-38)52-53-48(40-17-9-3-10-18-40)35-49(54-52)42-27-31-46-47-32-30-45(34-51(47)56-50(46)33-42)55(43-19-11-4-12-20-43)44-28-25-39(26-29-44)37-15-7-2-8-16-37/h1-35H. The van der Waals surface area contributed by atoms with Crippen molar-refractivity contribution in [2.24, 2.45) is 0 Å². The number of rotatable bonds is 8. The van der Waals surface area contributed by atoms with Gasteiger partial charge in [0.25, 0.3) is 0 Å². The summed E-state index contributed by atoms with van der Waals surface area (Å²) in [6.07, 6.45) is 0. The van der Waals surface area contributed by atoms with Crippen LogP contribution in [0.3, 0.4) is 0 Å². The largest absolute Gasteiger partial charge is 0.456 e. The van der Waals surface area contributed by atoms with Crippen molar-refractivity contribution in [1.82, 2.24) is 9.97 Å². The fourth-order valence-corrected chi connectivity index (χ4v) is 7.45. The zero-order valence-corrected chi connectivity index (χ0v) is 30.5. The Hall–Kier alpha value is -7.56. The van der Waals surface area contributed by atoms with Crippen molar-refractivity contribution in [2.45, 2.75) is 0 Å². The zero-order valence-electron chi connectivity index (χ0n) is 30.5. The van der Waals surface area contributed by atoms with Crippen LogP contribution in [0.1, 0.15) is 0 Å². The Labute approximate surface area is 325 Å². The minimum absolute atomic E-state index is 0.674. The van der Waals surface area contributed by atoms with Gasteiger partial charge in [-0.25, -0.2) is 9.97 Å². The van der Waals surface area contributed by atoms with E-state index >= 15 is 0 Å². The molecule has 2 heterocycles. The summed E-state index contributed by atoms with van der Waals surface area (Å²) < 4.78 is 6.67. The Balaban J connectivity index is 1.03. The van der Waals surface area contributed by atoms with Gasteiger partial charge in [-0.3, -0.25) is 0 Å². The lowest BCUT2D eigenvalue weighted by Gasteiger charge is -2.25. The average Bonchev–Trinajstić information content (AvgIpc) is 3.65. The number of para-hydroxylation sites is 1. The molecule has 0 N–H and O–H groups in total. The highest BCUT2D eigenvalue weighted by molar-refractivity contribution is 6.07. The molecule has 0 aliphatic carbocycles. The van der Waals surface area contributed by atoms with Gasteiger partial charge in [-0.2, -0.15) is 0 Å².